The quantitative estimate of drug-likeness (QED) is 0.894. The second kappa shape index (κ2) is 4.97. The molecule has 2 rings (SSSR count). The Balaban J connectivity index is 2.19. The van der Waals surface area contributed by atoms with Gasteiger partial charge in [0.2, 0.25) is 11.7 Å². The number of hydrogen-bond donors (Lipinski definition) is 1. The van der Waals surface area contributed by atoms with Gasteiger partial charge in [-0.15, -0.1) is 0 Å². The summed E-state index contributed by atoms with van der Waals surface area (Å²) < 4.78 is 10.9. The van der Waals surface area contributed by atoms with Crippen molar-refractivity contribution in [1.29, 1.82) is 0 Å². The molecule has 102 valence electrons. The third kappa shape index (κ3) is 2.57. The summed E-state index contributed by atoms with van der Waals surface area (Å²) in [6.07, 6.45) is -0.139. The fourth-order valence-corrected chi connectivity index (χ4v) is 2.49. The zero-order valence-electron chi connectivity index (χ0n) is 11.9. The Hall–Kier alpha value is -0.940. The highest BCUT2D eigenvalue weighted by atomic mass is 16.5. The zero-order chi connectivity index (χ0) is 13.3. The monoisotopic (exact) mass is 253 g/mol. The van der Waals surface area contributed by atoms with E-state index in [4.69, 9.17) is 9.26 Å². The summed E-state index contributed by atoms with van der Waals surface area (Å²) in [5, 5.41) is 7.44. The summed E-state index contributed by atoms with van der Waals surface area (Å²) in [6.45, 7) is 10.4. The summed E-state index contributed by atoms with van der Waals surface area (Å²) >= 11 is 0. The lowest BCUT2D eigenvalue weighted by Crippen LogP contribution is -2.21. The average Bonchev–Trinajstić information content (AvgIpc) is 2.85. The molecule has 1 N–H and O–H groups in total. The van der Waals surface area contributed by atoms with Gasteiger partial charge in [-0.2, -0.15) is 4.98 Å². The predicted octanol–water partition coefficient (Wildman–Crippen LogP) is 2.13. The van der Waals surface area contributed by atoms with Crippen molar-refractivity contribution in [2.45, 2.75) is 39.7 Å². The van der Waals surface area contributed by atoms with E-state index >= 15 is 0 Å². The van der Waals surface area contributed by atoms with Crippen LogP contribution in [0.3, 0.4) is 0 Å². The minimum absolute atomic E-state index is 0.0462. The number of methoxy groups -OCH3 is 1. The first kappa shape index (κ1) is 13.5. The van der Waals surface area contributed by atoms with E-state index in [1.54, 1.807) is 7.11 Å². The molecular weight excluding hydrogens is 230 g/mol. The van der Waals surface area contributed by atoms with Gasteiger partial charge in [0.05, 0.1) is 5.92 Å². The summed E-state index contributed by atoms with van der Waals surface area (Å²) in [5.41, 5.74) is -0.0462. The molecule has 5 nitrogen and oxygen atoms in total. The van der Waals surface area contributed by atoms with Crippen molar-refractivity contribution < 1.29 is 9.26 Å². The molecule has 0 aliphatic carbocycles. The predicted molar refractivity (Wildman–Crippen MR) is 68.3 cm³/mol. The summed E-state index contributed by atoms with van der Waals surface area (Å²) in [6, 6.07) is 0. The van der Waals surface area contributed by atoms with Crippen molar-refractivity contribution >= 4 is 0 Å². The van der Waals surface area contributed by atoms with Crippen LogP contribution in [0.4, 0.5) is 0 Å². The highest BCUT2D eigenvalue weighted by Crippen LogP contribution is 2.35. The number of nitrogens with one attached hydrogen (secondary N) is 1. The van der Waals surface area contributed by atoms with Crippen molar-refractivity contribution in [3.63, 3.8) is 0 Å². The van der Waals surface area contributed by atoms with Crippen molar-refractivity contribution in [2.24, 2.45) is 11.3 Å². The van der Waals surface area contributed by atoms with Crippen molar-refractivity contribution in [3.8, 4) is 0 Å². The van der Waals surface area contributed by atoms with Gasteiger partial charge in [-0.25, -0.2) is 0 Å². The smallest absolute Gasteiger partial charge is 0.231 e. The van der Waals surface area contributed by atoms with E-state index in [0.29, 0.717) is 17.7 Å². The highest BCUT2D eigenvalue weighted by molar-refractivity contribution is 5.03. The van der Waals surface area contributed by atoms with Crippen molar-refractivity contribution in [2.75, 3.05) is 20.2 Å². The van der Waals surface area contributed by atoms with E-state index < -0.39 is 0 Å². The van der Waals surface area contributed by atoms with Crippen LogP contribution in [0.5, 0.6) is 0 Å². The molecule has 1 aliphatic heterocycles. The summed E-state index contributed by atoms with van der Waals surface area (Å²) in [4.78, 5) is 4.54. The number of nitrogens with zero attached hydrogens (tertiary/aromatic N) is 2. The maximum atomic E-state index is 5.50. The second-order valence-corrected chi connectivity index (χ2v) is 6.21. The molecule has 5 heteroatoms. The Morgan fingerprint density at radius 2 is 2.11 bits per heavy atom. The van der Waals surface area contributed by atoms with Gasteiger partial charge in [0.25, 0.3) is 0 Å². The molecule has 0 aromatic carbocycles. The van der Waals surface area contributed by atoms with Crippen molar-refractivity contribution in [3.05, 3.63) is 11.7 Å². The first-order valence-electron chi connectivity index (χ1n) is 6.50. The van der Waals surface area contributed by atoms with Crippen LogP contribution in [0.25, 0.3) is 0 Å². The van der Waals surface area contributed by atoms with E-state index in [2.05, 4.69) is 43.2 Å². The van der Waals surface area contributed by atoms with Crippen LogP contribution < -0.4 is 5.32 Å². The molecule has 3 atom stereocenters. The van der Waals surface area contributed by atoms with Crippen LogP contribution in [-0.4, -0.2) is 30.3 Å². The third-order valence-corrected chi connectivity index (χ3v) is 3.55. The number of aromatic nitrogens is 2. The molecule has 0 saturated carbocycles. The SMILES string of the molecule is COC(c1noc([C@@H]2CNC[C@H]2C)n1)C(C)(C)C. The fraction of sp³-hybridized carbons (Fsp3) is 0.846. The number of rotatable bonds is 3. The van der Waals surface area contributed by atoms with Crippen molar-refractivity contribution in [1.82, 2.24) is 15.5 Å². The fourth-order valence-electron chi connectivity index (χ4n) is 2.49. The maximum absolute atomic E-state index is 5.50. The van der Waals surface area contributed by atoms with E-state index in [1.807, 2.05) is 0 Å². The van der Waals surface area contributed by atoms with Gasteiger partial charge in [-0.05, 0) is 17.9 Å². The van der Waals surface area contributed by atoms with Crippen LogP contribution in [0.2, 0.25) is 0 Å². The molecule has 1 aromatic heterocycles. The molecular formula is C13H23N3O2. The Morgan fingerprint density at radius 3 is 2.61 bits per heavy atom. The molecule has 0 spiro atoms. The first-order chi connectivity index (χ1) is 8.43. The Kier molecular flexibility index (Phi) is 3.73. The van der Waals surface area contributed by atoms with Crippen LogP contribution in [-0.2, 0) is 4.74 Å². The van der Waals surface area contributed by atoms with Crippen LogP contribution in [0, 0.1) is 11.3 Å². The van der Waals surface area contributed by atoms with Gasteiger partial charge >= 0.3 is 0 Å². The molecule has 1 saturated heterocycles. The van der Waals surface area contributed by atoms with Gasteiger partial charge < -0.3 is 14.6 Å². The van der Waals surface area contributed by atoms with Gasteiger partial charge in [0.1, 0.15) is 6.10 Å². The van der Waals surface area contributed by atoms with Gasteiger partial charge in [0, 0.05) is 13.7 Å². The normalized spacial score (nSPS) is 26.5. The van der Waals surface area contributed by atoms with Gasteiger partial charge in [-0.3, -0.25) is 0 Å². The third-order valence-electron chi connectivity index (χ3n) is 3.55. The van der Waals surface area contributed by atoms with E-state index in [1.165, 1.54) is 0 Å². The van der Waals surface area contributed by atoms with Crippen LogP contribution in [0.1, 0.15) is 51.4 Å². The highest BCUT2D eigenvalue weighted by Gasteiger charge is 2.34. The van der Waals surface area contributed by atoms with E-state index in [9.17, 15) is 0 Å². The van der Waals surface area contributed by atoms with Gasteiger partial charge in [0.15, 0.2) is 0 Å². The van der Waals surface area contributed by atoms with Gasteiger partial charge in [-0.1, -0.05) is 32.9 Å². The minimum atomic E-state index is -0.139. The largest absolute Gasteiger partial charge is 0.373 e. The minimum Gasteiger partial charge on any atom is -0.373 e. The number of ether oxygens (including phenoxy) is 1. The molecule has 1 fully saturated rings. The lowest BCUT2D eigenvalue weighted by molar-refractivity contribution is 0.00718. The molecule has 1 aliphatic rings. The molecule has 0 amide bonds. The lowest BCUT2D eigenvalue weighted by atomic mass is 9.88. The Labute approximate surface area is 108 Å². The molecule has 0 bridgehead atoms. The Morgan fingerprint density at radius 1 is 1.39 bits per heavy atom. The second-order valence-electron chi connectivity index (χ2n) is 6.21. The standard InChI is InChI=1S/C13H23N3O2/c1-8-6-14-7-9(8)12-15-11(16-18-12)10(17-5)13(2,3)4/h8-10,14H,6-7H2,1-5H3/t8-,9-,10?/m1/s1. The Bertz CT molecular complexity index is 397. The number of hydrogen-bond acceptors (Lipinski definition) is 5. The topological polar surface area (TPSA) is 60.2 Å². The lowest BCUT2D eigenvalue weighted by Gasteiger charge is -2.26. The molecule has 18 heavy (non-hydrogen) atoms. The van der Waals surface area contributed by atoms with Crippen LogP contribution in [0.15, 0.2) is 4.52 Å². The first-order valence-corrected chi connectivity index (χ1v) is 6.50. The summed E-state index contributed by atoms with van der Waals surface area (Å²) in [7, 11) is 1.69. The maximum Gasteiger partial charge on any atom is 0.231 e. The zero-order valence-corrected chi connectivity index (χ0v) is 11.9. The molecule has 1 unspecified atom stereocenters. The average molecular weight is 253 g/mol. The molecule has 1 aromatic rings. The summed E-state index contributed by atoms with van der Waals surface area (Å²) in [5.74, 6) is 2.24. The van der Waals surface area contributed by atoms with Crippen LogP contribution >= 0.6 is 0 Å². The van der Waals surface area contributed by atoms with E-state index in [-0.39, 0.29) is 11.5 Å². The molecule has 2 heterocycles. The molecule has 0 radical (unpaired) electrons. The van der Waals surface area contributed by atoms with E-state index in [0.717, 1.165) is 19.0 Å².